The molecule has 0 atom stereocenters. The van der Waals surface area contributed by atoms with Crippen molar-refractivity contribution < 1.29 is 24.6 Å². The van der Waals surface area contributed by atoms with Crippen LogP contribution in [0.5, 0.6) is 0 Å². The summed E-state index contributed by atoms with van der Waals surface area (Å²) in [6, 6.07) is 5.53. The first-order valence-corrected chi connectivity index (χ1v) is 4.53. The van der Waals surface area contributed by atoms with E-state index in [1.54, 1.807) is 0 Å². The molecule has 1 aromatic carbocycles. The lowest BCUT2D eigenvalue weighted by molar-refractivity contribution is -0.105. The number of aliphatic hydroxyl groups excluding tert-OH is 1. The Labute approximate surface area is 96.2 Å². The van der Waals surface area contributed by atoms with Crippen LogP contribution in [0.2, 0.25) is 0 Å². The highest BCUT2D eigenvalue weighted by atomic mass is 16.4. The Balaban J connectivity index is 3.04. The molecule has 0 heterocycles. The van der Waals surface area contributed by atoms with Gasteiger partial charge in [-0.2, -0.15) is 0 Å². The van der Waals surface area contributed by atoms with Crippen molar-refractivity contribution in [3.8, 4) is 0 Å². The van der Waals surface area contributed by atoms with Gasteiger partial charge in [-0.15, -0.1) is 0 Å². The van der Waals surface area contributed by atoms with Crippen molar-refractivity contribution in [2.24, 2.45) is 0 Å². The van der Waals surface area contributed by atoms with Crippen LogP contribution in [0.15, 0.2) is 36.2 Å². The summed E-state index contributed by atoms with van der Waals surface area (Å²) < 4.78 is 0. The number of aldehydes is 1. The van der Waals surface area contributed by atoms with Crippen LogP contribution in [-0.2, 0) is 4.79 Å². The van der Waals surface area contributed by atoms with Gasteiger partial charge in [0.1, 0.15) is 12.0 Å². The molecule has 0 aliphatic rings. The fourth-order valence-electron chi connectivity index (χ4n) is 1.16. The summed E-state index contributed by atoms with van der Waals surface area (Å²) in [4.78, 5) is 32.8. The van der Waals surface area contributed by atoms with E-state index in [1.807, 2.05) is 0 Å². The maximum atomic E-state index is 11.6. The summed E-state index contributed by atoms with van der Waals surface area (Å²) >= 11 is 0. The Hall–Kier alpha value is -2.63. The van der Waals surface area contributed by atoms with Crippen molar-refractivity contribution in [1.82, 2.24) is 5.32 Å². The monoisotopic (exact) mass is 235 g/mol. The second-order valence-electron chi connectivity index (χ2n) is 3.01. The highest BCUT2D eigenvalue weighted by molar-refractivity contribution is 6.06. The molecule has 0 saturated carbocycles. The zero-order valence-electron chi connectivity index (χ0n) is 8.58. The number of carboxylic acid groups (broad SMARTS) is 1. The van der Waals surface area contributed by atoms with Crippen molar-refractivity contribution in [2.45, 2.75) is 0 Å². The number of carbonyl (C=O) groups is 3. The molecule has 0 saturated heterocycles. The molecule has 0 unspecified atom stereocenters. The number of nitrogens with one attached hydrogen (secondary N) is 1. The number of carboxylic acids is 1. The molecule has 0 bridgehead atoms. The lowest BCUT2D eigenvalue weighted by Crippen LogP contribution is -2.25. The molecule has 0 fully saturated rings. The molecular formula is C11H9NO5. The van der Waals surface area contributed by atoms with E-state index in [9.17, 15) is 14.4 Å². The van der Waals surface area contributed by atoms with Crippen molar-refractivity contribution >= 4 is 18.2 Å². The Morgan fingerprint density at radius 3 is 2.24 bits per heavy atom. The second-order valence-corrected chi connectivity index (χ2v) is 3.01. The molecule has 1 aromatic rings. The summed E-state index contributed by atoms with van der Waals surface area (Å²) in [6.07, 6.45) is 0.662. The molecule has 0 aromatic heterocycles. The van der Waals surface area contributed by atoms with Crippen LogP contribution in [-0.4, -0.2) is 28.4 Å². The minimum absolute atomic E-state index is 0.0961. The first-order valence-electron chi connectivity index (χ1n) is 4.53. The molecule has 17 heavy (non-hydrogen) atoms. The Morgan fingerprint density at radius 1 is 1.18 bits per heavy atom. The van der Waals surface area contributed by atoms with Gasteiger partial charge < -0.3 is 15.5 Å². The molecule has 0 aliphatic carbocycles. The average Bonchev–Trinajstić information content (AvgIpc) is 2.35. The van der Waals surface area contributed by atoms with E-state index < -0.39 is 11.9 Å². The van der Waals surface area contributed by atoms with E-state index in [0.717, 1.165) is 0 Å². The molecule has 1 rings (SSSR count). The topological polar surface area (TPSA) is 104 Å². The molecular weight excluding hydrogens is 226 g/mol. The van der Waals surface area contributed by atoms with Crippen molar-refractivity contribution in [2.75, 3.05) is 0 Å². The molecule has 88 valence electrons. The largest absolute Gasteiger partial charge is 0.513 e. The van der Waals surface area contributed by atoms with Crippen molar-refractivity contribution in [3.63, 3.8) is 0 Å². The second kappa shape index (κ2) is 5.45. The molecule has 0 spiro atoms. The van der Waals surface area contributed by atoms with Gasteiger partial charge in [0.05, 0.1) is 11.1 Å². The number of amides is 1. The number of allylic oxidation sites excluding steroid dienone is 1. The predicted octanol–water partition coefficient (Wildman–Crippen LogP) is 0.713. The fraction of sp³-hybridized carbons (Fsp3) is 0. The predicted molar refractivity (Wildman–Crippen MR) is 57.6 cm³/mol. The summed E-state index contributed by atoms with van der Waals surface area (Å²) in [5.41, 5.74) is -0.635. The van der Waals surface area contributed by atoms with E-state index in [0.29, 0.717) is 6.26 Å². The SMILES string of the molecule is O=C/C(=C\O)NC(=O)c1ccccc1C(=O)O. The van der Waals surface area contributed by atoms with Crippen LogP contribution in [0.25, 0.3) is 0 Å². The summed E-state index contributed by atoms with van der Waals surface area (Å²) in [5, 5.41) is 19.5. The summed E-state index contributed by atoms with van der Waals surface area (Å²) in [6.45, 7) is 0. The van der Waals surface area contributed by atoms with Crippen LogP contribution >= 0.6 is 0 Å². The number of aliphatic hydroxyl groups is 1. The standard InChI is InChI=1S/C11H9NO5/c13-5-7(6-14)12-10(15)8-3-1-2-4-9(8)11(16)17/h1-6,13H,(H,12,15)(H,16,17)/b7-5+. The Bertz CT molecular complexity index is 492. The lowest BCUT2D eigenvalue weighted by atomic mass is 10.1. The van der Waals surface area contributed by atoms with E-state index >= 15 is 0 Å². The van der Waals surface area contributed by atoms with Crippen LogP contribution in [0.3, 0.4) is 0 Å². The zero-order chi connectivity index (χ0) is 12.8. The minimum Gasteiger partial charge on any atom is -0.513 e. The highest BCUT2D eigenvalue weighted by Crippen LogP contribution is 2.08. The van der Waals surface area contributed by atoms with Crippen LogP contribution in [0.4, 0.5) is 0 Å². The number of hydrogen-bond acceptors (Lipinski definition) is 4. The first kappa shape index (κ1) is 12.4. The third-order valence-electron chi connectivity index (χ3n) is 1.93. The van der Waals surface area contributed by atoms with Gasteiger partial charge in [-0.3, -0.25) is 9.59 Å². The zero-order valence-corrected chi connectivity index (χ0v) is 8.58. The maximum absolute atomic E-state index is 11.6. The Kier molecular flexibility index (Phi) is 3.99. The van der Waals surface area contributed by atoms with Gasteiger partial charge in [0.25, 0.3) is 5.91 Å². The van der Waals surface area contributed by atoms with Gasteiger partial charge in [-0.05, 0) is 12.1 Å². The van der Waals surface area contributed by atoms with Crippen molar-refractivity contribution in [1.29, 1.82) is 0 Å². The Morgan fingerprint density at radius 2 is 1.76 bits per heavy atom. The van der Waals surface area contributed by atoms with E-state index in [-0.39, 0.29) is 23.1 Å². The van der Waals surface area contributed by atoms with Gasteiger partial charge in [0.2, 0.25) is 0 Å². The number of hydrogen-bond donors (Lipinski definition) is 3. The van der Waals surface area contributed by atoms with Crippen LogP contribution < -0.4 is 5.32 Å². The van der Waals surface area contributed by atoms with E-state index in [1.165, 1.54) is 24.3 Å². The van der Waals surface area contributed by atoms with Gasteiger partial charge in [-0.25, -0.2) is 4.79 Å². The average molecular weight is 235 g/mol. The van der Waals surface area contributed by atoms with Gasteiger partial charge in [-0.1, -0.05) is 12.1 Å². The van der Waals surface area contributed by atoms with Crippen LogP contribution in [0.1, 0.15) is 20.7 Å². The normalized spacial score (nSPS) is 10.7. The molecule has 0 aliphatic heterocycles. The number of carbonyl (C=O) groups excluding carboxylic acids is 2. The molecule has 6 heteroatoms. The van der Waals surface area contributed by atoms with E-state index in [2.05, 4.69) is 5.32 Å². The van der Waals surface area contributed by atoms with Gasteiger partial charge in [0.15, 0.2) is 6.29 Å². The molecule has 1 amide bonds. The van der Waals surface area contributed by atoms with Crippen molar-refractivity contribution in [3.05, 3.63) is 47.4 Å². The number of benzene rings is 1. The summed E-state index contributed by atoms with van der Waals surface area (Å²) in [7, 11) is 0. The maximum Gasteiger partial charge on any atom is 0.336 e. The highest BCUT2D eigenvalue weighted by Gasteiger charge is 2.16. The van der Waals surface area contributed by atoms with E-state index in [4.69, 9.17) is 10.2 Å². The third-order valence-corrected chi connectivity index (χ3v) is 1.93. The molecule has 0 radical (unpaired) electrons. The van der Waals surface area contributed by atoms with Gasteiger partial charge in [0, 0.05) is 0 Å². The molecule has 6 nitrogen and oxygen atoms in total. The first-order chi connectivity index (χ1) is 8.10. The molecule has 3 N–H and O–H groups in total. The smallest absolute Gasteiger partial charge is 0.336 e. The number of rotatable bonds is 4. The lowest BCUT2D eigenvalue weighted by Gasteiger charge is -2.06. The third kappa shape index (κ3) is 2.91. The minimum atomic E-state index is -1.25. The quantitative estimate of drug-likeness (QED) is 0.405. The van der Waals surface area contributed by atoms with Gasteiger partial charge >= 0.3 is 5.97 Å². The number of aromatic carboxylic acids is 1. The van der Waals surface area contributed by atoms with Crippen LogP contribution in [0, 0.1) is 0 Å². The fourth-order valence-corrected chi connectivity index (χ4v) is 1.16. The summed E-state index contributed by atoms with van der Waals surface area (Å²) in [5.74, 6) is -2.04.